The largest absolute Gasteiger partial charge is 0.497 e. The Morgan fingerprint density at radius 3 is 1.94 bits per heavy atom. The molecule has 0 radical (unpaired) electrons. The van der Waals surface area contributed by atoms with Crippen molar-refractivity contribution in [3.8, 4) is 28.5 Å². The molecule has 0 N–H and O–H groups in total. The molecule has 4 aromatic rings. The highest BCUT2D eigenvalue weighted by Gasteiger charge is 2.29. The number of rotatable bonds is 7. The summed E-state index contributed by atoms with van der Waals surface area (Å²) in [4.78, 5) is 2.30. The number of para-hydroxylation sites is 1. The van der Waals surface area contributed by atoms with Crippen LogP contribution in [-0.2, 0) is 10.0 Å². The summed E-state index contributed by atoms with van der Waals surface area (Å²) >= 11 is 0. The molecule has 0 saturated carbocycles. The number of ether oxygens (including phenoxy) is 2. The summed E-state index contributed by atoms with van der Waals surface area (Å²) in [5.74, 6) is 2.80. The predicted octanol–water partition coefficient (Wildman–Crippen LogP) is 4.46. The number of methoxy groups -OCH3 is 1. The van der Waals surface area contributed by atoms with Crippen LogP contribution in [0.1, 0.15) is 0 Å². The lowest BCUT2D eigenvalue weighted by molar-refractivity contribution is 0.383. The quantitative estimate of drug-likeness (QED) is 0.369. The zero-order valence-electron chi connectivity index (χ0n) is 19.8. The molecule has 3 aromatic carbocycles. The molecule has 0 amide bonds. The summed E-state index contributed by atoms with van der Waals surface area (Å²) in [6.07, 6.45) is 0. The molecule has 0 aliphatic carbocycles. The zero-order valence-corrected chi connectivity index (χ0v) is 20.6. The molecular weight excluding hydrogens is 476 g/mol. The maximum absolute atomic E-state index is 13.2. The summed E-state index contributed by atoms with van der Waals surface area (Å²) in [7, 11) is -1.97. The van der Waals surface area contributed by atoms with E-state index < -0.39 is 10.0 Å². The predicted molar refractivity (Wildman–Crippen MR) is 138 cm³/mol. The number of benzene rings is 3. The number of aromatic nitrogens is 2. The van der Waals surface area contributed by atoms with Crippen molar-refractivity contribution in [3.63, 3.8) is 0 Å². The number of piperazine rings is 1. The second kappa shape index (κ2) is 10.3. The van der Waals surface area contributed by atoms with E-state index in [0.29, 0.717) is 37.7 Å². The molecule has 1 aromatic heterocycles. The first kappa shape index (κ1) is 23.8. The van der Waals surface area contributed by atoms with Crippen LogP contribution in [0.2, 0.25) is 0 Å². The second-order valence-electron chi connectivity index (χ2n) is 8.28. The van der Waals surface area contributed by atoms with Crippen LogP contribution in [0.4, 0.5) is 5.82 Å². The van der Waals surface area contributed by atoms with Crippen molar-refractivity contribution in [1.82, 2.24) is 14.5 Å². The molecule has 0 spiro atoms. The smallest absolute Gasteiger partial charge is 0.243 e. The van der Waals surface area contributed by atoms with E-state index in [4.69, 9.17) is 9.47 Å². The summed E-state index contributed by atoms with van der Waals surface area (Å²) < 4.78 is 38.8. The Morgan fingerprint density at radius 1 is 0.694 bits per heavy atom. The van der Waals surface area contributed by atoms with Gasteiger partial charge in [-0.3, -0.25) is 0 Å². The van der Waals surface area contributed by atoms with Gasteiger partial charge in [0.15, 0.2) is 5.82 Å². The SMILES string of the molecule is COc1ccc(-c2ccc(N3CCN(S(=O)(=O)c4ccc(Oc5ccccc5)cc4)CC3)nn2)cc1. The third-order valence-corrected chi connectivity index (χ3v) is 7.95. The summed E-state index contributed by atoms with van der Waals surface area (Å²) in [6, 6.07) is 27.4. The first-order chi connectivity index (χ1) is 17.5. The lowest BCUT2D eigenvalue weighted by atomic mass is 10.1. The maximum atomic E-state index is 13.2. The molecule has 9 heteroatoms. The lowest BCUT2D eigenvalue weighted by Crippen LogP contribution is -2.48. The zero-order chi connectivity index (χ0) is 25.0. The lowest BCUT2D eigenvalue weighted by Gasteiger charge is -2.34. The number of anilines is 1. The highest BCUT2D eigenvalue weighted by molar-refractivity contribution is 7.89. The van der Waals surface area contributed by atoms with Crippen LogP contribution in [0.3, 0.4) is 0 Å². The molecule has 0 bridgehead atoms. The first-order valence-electron chi connectivity index (χ1n) is 11.6. The fourth-order valence-corrected chi connectivity index (χ4v) is 5.44. The molecule has 184 valence electrons. The summed E-state index contributed by atoms with van der Waals surface area (Å²) in [5, 5.41) is 8.73. The maximum Gasteiger partial charge on any atom is 0.243 e. The molecule has 0 atom stereocenters. The minimum absolute atomic E-state index is 0.250. The van der Waals surface area contributed by atoms with Gasteiger partial charge in [-0.05, 0) is 72.8 Å². The Hall–Kier alpha value is -3.95. The second-order valence-corrected chi connectivity index (χ2v) is 10.2. The monoisotopic (exact) mass is 502 g/mol. The van der Waals surface area contributed by atoms with Gasteiger partial charge in [0.1, 0.15) is 17.2 Å². The van der Waals surface area contributed by atoms with Crippen LogP contribution in [0.15, 0.2) is 95.9 Å². The van der Waals surface area contributed by atoms with Crippen LogP contribution >= 0.6 is 0 Å². The Bertz CT molecular complexity index is 1390. The number of nitrogens with zero attached hydrogens (tertiary/aromatic N) is 4. The third kappa shape index (κ3) is 5.17. The summed E-state index contributed by atoms with van der Waals surface area (Å²) in [6.45, 7) is 1.80. The molecule has 2 heterocycles. The highest BCUT2D eigenvalue weighted by atomic mass is 32.2. The number of hydrogen-bond donors (Lipinski definition) is 0. The van der Waals surface area contributed by atoms with E-state index in [-0.39, 0.29) is 4.90 Å². The number of sulfonamides is 1. The van der Waals surface area contributed by atoms with Crippen molar-refractivity contribution in [3.05, 3.63) is 91.0 Å². The van der Waals surface area contributed by atoms with Crippen molar-refractivity contribution in [2.45, 2.75) is 4.90 Å². The van der Waals surface area contributed by atoms with E-state index in [2.05, 4.69) is 10.2 Å². The van der Waals surface area contributed by atoms with Gasteiger partial charge in [0.05, 0.1) is 17.7 Å². The van der Waals surface area contributed by atoms with Crippen molar-refractivity contribution in [2.24, 2.45) is 0 Å². The molecule has 36 heavy (non-hydrogen) atoms. The van der Waals surface area contributed by atoms with Gasteiger partial charge >= 0.3 is 0 Å². The third-order valence-electron chi connectivity index (χ3n) is 6.04. The normalized spacial score (nSPS) is 14.4. The van der Waals surface area contributed by atoms with Gasteiger partial charge in [-0.15, -0.1) is 10.2 Å². The van der Waals surface area contributed by atoms with E-state index in [0.717, 1.165) is 22.8 Å². The number of hydrogen-bond acceptors (Lipinski definition) is 7. The Balaban J connectivity index is 1.20. The fourth-order valence-electron chi connectivity index (χ4n) is 4.02. The first-order valence-corrected chi connectivity index (χ1v) is 13.0. The minimum atomic E-state index is -3.60. The van der Waals surface area contributed by atoms with Crippen molar-refractivity contribution < 1.29 is 17.9 Å². The molecule has 1 fully saturated rings. The average Bonchev–Trinajstić information content (AvgIpc) is 2.94. The summed E-state index contributed by atoms with van der Waals surface area (Å²) in [5.41, 5.74) is 1.72. The van der Waals surface area contributed by atoms with Gasteiger partial charge in [0.2, 0.25) is 10.0 Å². The van der Waals surface area contributed by atoms with Gasteiger partial charge in [0.25, 0.3) is 0 Å². The van der Waals surface area contributed by atoms with Gasteiger partial charge in [-0.1, -0.05) is 18.2 Å². The van der Waals surface area contributed by atoms with Crippen molar-refractivity contribution in [1.29, 1.82) is 0 Å². The average molecular weight is 503 g/mol. The van der Waals surface area contributed by atoms with E-state index >= 15 is 0 Å². The van der Waals surface area contributed by atoms with Crippen molar-refractivity contribution in [2.75, 3.05) is 38.2 Å². The topological polar surface area (TPSA) is 84.9 Å². The molecule has 1 saturated heterocycles. The van der Waals surface area contributed by atoms with Crippen LogP contribution in [0, 0.1) is 0 Å². The van der Waals surface area contributed by atoms with E-state index in [1.165, 1.54) is 4.31 Å². The van der Waals surface area contributed by atoms with E-state index in [1.807, 2.05) is 71.6 Å². The molecule has 1 aliphatic heterocycles. The van der Waals surface area contributed by atoms with Crippen LogP contribution in [-0.4, -0.2) is 56.2 Å². The van der Waals surface area contributed by atoms with Gasteiger partial charge in [-0.25, -0.2) is 8.42 Å². The van der Waals surface area contributed by atoms with Crippen LogP contribution in [0.5, 0.6) is 17.2 Å². The molecule has 0 unspecified atom stereocenters. The van der Waals surface area contributed by atoms with E-state index in [1.54, 1.807) is 31.4 Å². The van der Waals surface area contributed by atoms with Crippen LogP contribution < -0.4 is 14.4 Å². The van der Waals surface area contributed by atoms with Crippen molar-refractivity contribution >= 4 is 15.8 Å². The minimum Gasteiger partial charge on any atom is -0.497 e. The molecule has 5 rings (SSSR count). The van der Waals surface area contributed by atoms with Crippen LogP contribution in [0.25, 0.3) is 11.3 Å². The standard InChI is InChI=1S/C27H26N4O4S/c1-34-22-9-7-21(8-10-22)26-15-16-27(29-28-26)30-17-19-31(20-18-30)36(32,33)25-13-11-24(12-14-25)35-23-5-3-2-4-6-23/h2-16H,17-20H2,1H3. The van der Waals surface area contributed by atoms with Gasteiger partial charge < -0.3 is 14.4 Å². The highest BCUT2D eigenvalue weighted by Crippen LogP contribution is 2.26. The Labute approximate surface area is 210 Å². The Kier molecular flexibility index (Phi) is 6.84. The van der Waals surface area contributed by atoms with E-state index in [9.17, 15) is 8.42 Å². The fraction of sp³-hybridized carbons (Fsp3) is 0.185. The van der Waals surface area contributed by atoms with Gasteiger partial charge in [-0.2, -0.15) is 4.31 Å². The molecule has 1 aliphatic rings. The molecule has 8 nitrogen and oxygen atoms in total. The van der Waals surface area contributed by atoms with Gasteiger partial charge in [0, 0.05) is 31.7 Å². The molecular formula is C27H26N4O4S. The Morgan fingerprint density at radius 2 is 1.33 bits per heavy atom.